The molecule has 0 aromatic heterocycles. The molecule has 168 valence electrons. The van der Waals surface area contributed by atoms with Gasteiger partial charge in [0.05, 0.1) is 13.2 Å². The number of rotatable bonds is 9. The molecule has 0 radical (unpaired) electrons. The molecule has 0 atom stereocenters. The lowest BCUT2D eigenvalue weighted by Crippen LogP contribution is -2.42. The van der Waals surface area contributed by atoms with Crippen molar-refractivity contribution in [3.63, 3.8) is 0 Å². The maximum absolute atomic E-state index is 12.5. The first kappa shape index (κ1) is 23.1. The summed E-state index contributed by atoms with van der Waals surface area (Å²) in [5, 5.41) is 0. The summed E-state index contributed by atoms with van der Waals surface area (Å²) in [6, 6.07) is 0. The maximum atomic E-state index is 12.5. The van der Waals surface area contributed by atoms with Gasteiger partial charge in [-0.2, -0.15) is 8.78 Å². The van der Waals surface area contributed by atoms with Crippen LogP contribution in [0.5, 0.6) is 0 Å². The van der Waals surface area contributed by atoms with Crippen LogP contribution in [0.1, 0.15) is 84.0 Å². The Morgan fingerprint density at radius 1 is 0.828 bits per heavy atom. The number of ether oxygens (including phenoxy) is 3. The highest BCUT2D eigenvalue weighted by Crippen LogP contribution is 2.43. The van der Waals surface area contributed by atoms with Crippen LogP contribution in [0.3, 0.4) is 0 Å². The van der Waals surface area contributed by atoms with E-state index in [2.05, 4.69) is 6.92 Å². The SMILES string of the molecule is CCCCCCOC1COC(C2CCC(C3CCC(C=C(F)F)CC3)CC2)OC1. The van der Waals surface area contributed by atoms with Gasteiger partial charge in [0.2, 0.25) is 0 Å². The molecule has 0 bridgehead atoms. The Hall–Kier alpha value is -0.520. The molecule has 5 heteroatoms. The minimum Gasteiger partial charge on any atom is -0.373 e. The topological polar surface area (TPSA) is 27.7 Å². The summed E-state index contributed by atoms with van der Waals surface area (Å²) in [7, 11) is 0. The minimum absolute atomic E-state index is 0.0655. The summed E-state index contributed by atoms with van der Waals surface area (Å²) in [6.45, 7) is 4.34. The summed E-state index contributed by atoms with van der Waals surface area (Å²) in [5.74, 6) is 2.08. The van der Waals surface area contributed by atoms with Crippen molar-refractivity contribution in [3.8, 4) is 0 Å². The van der Waals surface area contributed by atoms with Gasteiger partial charge in [-0.1, -0.05) is 26.2 Å². The lowest BCUT2D eigenvalue weighted by atomic mass is 9.69. The summed E-state index contributed by atoms with van der Waals surface area (Å²) in [4.78, 5) is 0. The van der Waals surface area contributed by atoms with Gasteiger partial charge in [-0.15, -0.1) is 0 Å². The summed E-state index contributed by atoms with van der Waals surface area (Å²) >= 11 is 0. The van der Waals surface area contributed by atoms with Gasteiger partial charge in [0.25, 0.3) is 6.08 Å². The molecule has 0 N–H and O–H groups in total. The molecule has 0 unspecified atom stereocenters. The molecule has 2 aliphatic carbocycles. The monoisotopic (exact) mass is 414 g/mol. The Labute approximate surface area is 175 Å². The summed E-state index contributed by atoms with van der Waals surface area (Å²) < 4.78 is 42.8. The van der Waals surface area contributed by atoms with E-state index in [1.54, 1.807) is 0 Å². The molecule has 1 saturated heterocycles. The quantitative estimate of drug-likeness (QED) is 0.392. The van der Waals surface area contributed by atoms with Crippen molar-refractivity contribution in [2.45, 2.75) is 96.4 Å². The van der Waals surface area contributed by atoms with Gasteiger partial charge in [0.1, 0.15) is 6.10 Å². The second kappa shape index (κ2) is 12.4. The van der Waals surface area contributed by atoms with Crippen molar-refractivity contribution >= 4 is 0 Å². The van der Waals surface area contributed by atoms with Crippen LogP contribution < -0.4 is 0 Å². The normalized spacial score (nSPS) is 36.0. The van der Waals surface area contributed by atoms with Crippen LogP contribution >= 0.6 is 0 Å². The van der Waals surface area contributed by atoms with Crippen molar-refractivity contribution in [3.05, 3.63) is 12.2 Å². The van der Waals surface area contributed by atoms with Gasteiger partial charge in [-0.25, -0.2) is 0 Å². The van der Waals surface area contributed by atoms with Gasteiger partial charge in [0, 0.05) is 12.5 Å². The fraction of sp³-hybridized carbons (Fsp3) is 0.917. The van der Waals surface area contributed by atoms with Crippen LogP contribution in [0.4, 0.5) is 8.78 Å². The van der Waals surface area contributed by atoms with E-state index in [0.717, 1.165) is 63.4 Å². The lowest BCUT2D eigenvalue weighted by molar-refractivity contribution is -0.250. The maximum Gasteiger partial charge on any atom is 0.266 e. The Kier molecular flexibility index (Phi) is 9.87. The molecule has 1 aliphatic heterocycles. The van der Waals surface area contributed by atoms with E-state index >= 15 is 0 Å². The molecule has 0 spiro atoms. The smallest absolute Gasteiger partial charge is 0.266 e. The molecule has 0 aromatic rings. The van der Waals surface area contributed by atoms with Crippen LogP contribution in [-0.2, 0) is 14.2 Å². The van der Waals surface area contributed by atoms with Crippen LogP contribution in [0.2, 0.25) is 0 Å². The number of halogens is 2. The predicted molar refractivity (Wildman–Crippen MR) is 111 cm³/mol. The fourth-order valence-electron chi connectivity index (χ4n) is 5.50. The summed E-state index contributed by atoms with van der Waals surface area (Å²) in [6.07, 6.45) is 13.4. The Morgan fingerprint density at radius 3 is 2.00 bits per heavy atom. The van der Waals surface area contributed by atoms with Gasteiger partial charge in [-0.05, 0) is 81.6 Å². The predicted octanol–water partition coefficient (Wildman–Crippen LogP) is 6.72. The van der Waals surface area contributed by atoms with Crippen LogP contribution in [-0.4, -0.2) is 32.2 Å². The van der Waals surface area contributed by atoms with E-state index < -0.39 is 6.08 Å². The first-order valence-electron chi connectivity index (χ1n) is 12.0. The van der Waals surface area contributed by atoms with E-state index in [9.17, 15) is 8.78 Å². The van der Waals surface area contributed by atoms with E-state index in [-0.39, 0.29) is 18.3 Å². The lowest BCUT2D eigenvalue weighted by Gasteiger charge is -2.40. The number of allylic oxidation sites excluding steroid dienone is 1. The molecular formula is C24H40F2O3. The van der Waals surface area contributed by atoms with Crippen molar-refractivity contribution < 1.29 is 23.0 Å². The molecular weight excluding hydrogens is 374 g/mol. The van der Waals surface area contributed by atoms with E-state index in [4.69, 9.17) is 14.2 Å². The molecule has 29 heavy (non-hydrogen) atoms. The van der Waals surface area contributed by atoms with Gasteiger partial charge < -0.3 is 14.2 Å². The van der Waals surface area contributed by atoms with Crippen LogP contribution in [0, 0.1) is 23.7 Å². The number of hydrogen-bond acceptors (Lipinski definition) is 3. The van der Waals surface area contributed by atoms with Gasteiger partial charge >= 0.3 is 0 Å². The molecule has 3 nitrogen and oxygen atoms in total. The van der Waals surface area contributed by atoms with Crippen molar-refractivity contribution in [2.75, 3.05) is 19.8 Å². The Balaban J connectivity index is 1.29. The average Bonchev–Trinajstić information content (AvgIpc) is 2.74. The fourth-order valence-corrected chi connectivity index (χ4v) is 5.50. The second-order valence-corrected chi connectivity index (χ2v) is 9.39. The third kappa shape index (κ3) is 7.59. The van der Waals surface area contributed by atoms with Crippen LogP contribution in [0.25, 0.3) is 0 Å². The second-order valence-electron chi connectivity index (χ2n) is 9.39. The first-order chi connectivity index (χ1) is 14.2. The molecule has 3 fully saturated rings. The third-order valence-electron chi connectivity index (χ3n) is 7.29. The first-order valence-corrected chi connectivity index (χ1v) is 12.0. The van der Waals surface area contributed by atoms with Crippen molar-refractivity contribution in [1.29, 1.82) is 0 Å². The molecule has 3 aliphatic rings. The highest BCUT2D eigenvalue weighted by molar-refractivity contribution is 4.92. The van der Waals surface area contributed by atoms with E-state index in [1.807, 2.05) is 0 Å². The standard InChI is InChI=1S/C24H40F2O3/c1-2-3-4-5-14-27-22-16-28-24(29-17-22)21-12-10-20(11-13-21)19-8-6-18(7-9-19)15-23(25)26/h15,18-22,24H,2-14,16-17H2,1H3. The highest BCUT2D eigenvalue weighted by atomic mass is 19.3. The number of hydrogen-bond donors (Lipinski definition) is 0. The Bertz CT molecular complexity index is 471. The minimum atomic E-state index is -1.51. The highest BCUT2D eigenvalue weighted by Gasteiger charge is 2.35. The molecule has 1 heterocycles. The molecule has 0 aromatic carbocycles. The van der Waals surface area contributed by atoms with Gasteiger partial charge in [-0.3, -0.25) is 0 Å². The third-order valence-corrected chi connectivity index (χ3v) is 7.29. The zero-order valence-corrected chi connectivity index (χ0v) is 18.1. The van der Waals surface area contributed by atoms with Crippen LogP contribution in [0.15, 0.2) is 12.2 Å². The van der Waals surface area contributed by atoms with E-state index in [1.165, 1.54) is 38.2 Å². The zero-order chi connectivity index (χ0) is 20.5. The van der Waals surface area contributed by atoms with E-state index in [0.29, 0.717) is 19.1 Å². The van der Waals surface area contributed by atoms with Crippen molar-refractivity contribution in [2.24, 2.45) is 23.7 Å². The summed E-state index contributed by atoms with van der Waals surface area (Å²) in [5.41, 5.74) is 0. The average molecular weight is 415 g/mol. The Morgan fingerprint density at radius 2 is 1.41 bits per heavy atom. The zero-order valence-electron chi connectivity index (χ0n) is 18.1. The molecule has 0 amide bonds. The molecule has 3 rings (SSSR count). The van der Waals surface area contributed by atoms with Gasteiger partial charge in [0.15, 0.2) is 6.29 Å². The number of unbranched alkanes of at least 4 members (excludes halogenated alkanes) is 3. The molecule has 2 saturated carbocycles. The largest absolute Gasteiger partial charge is 0.373 e. The van der Waals surface area contributed by atoms with Crippen molar-refractivity contribution in [1.82, 2.24) is 0 Å².